The summed E-state index contributed by atoms with van der Waals surface area (Å²) in [5.74, 6) is -0.129. The number of aromatic nitrogens is 2. The Labute approximate surface area is 160 Å². The van der Waals surface area contributed by atoms with E-state index in [0.29, 0.717) is 24.1 Å². The van der Waals surface area contributed by atoms with Crippen LogP contribution in [-0.4, -0.2) is 28.7 Å². The van der Waals surface area contributed by atoms with E-state index >= 15 is 0 Å². The smallest absolute Gasteiger partial charge is 0.352 e. The van der Waals surface area contributed by atoms with Crippen LogP contribution in [0, 0.1) is 0 Å². The molecule has 0 aliphatic heterocycles. The molecule has 0 fully saturated rings. The Balaban J connectivity index is 1.72. The predicted molar refractivity (Wildman–Crippen MR) is 97.9 cm³/mol. The van der Waals surface area contributed by atoms with Gasteiger partial charge in [0.05, 0.1) is 5.56 Å². The highest BCUT2D eigenvalue weighted by Gasteiger charge is 2.37. The number of nitrogens with one attached hydrogen (secondary N) is 1. The average Bonchev–Trinajstić information content (AvgIpc) is 2.66. The van der Waals surface area contributed by atoms with E-state index in [-0.39, 0.29) is 30.3 Å². The van der Waals surface area contributed by atoms with Crippen molar-refractivity contribution < 1.29 is 18.0 Å². The maximum Gasteiger partial charge on any atom is 0.433 e. The summed E-state index contributed by atoms with van der Waals surface area (Å²) in [4.78, 5) is 21.3. The standard InChI is InChI=1S/C19H20F3N3OS/c1-27-15-9-5-3-7-13(15)18(26)23-11-10-16-24-14-8-4-2-6-12(14)17(25-16)19(20,21)22/h3,5,7,9H,2,4,6,8,10-11H2,1H3,(H,23,26). The fraction of sp³-hybridized carbons (Fsp3) is 0.421. The molecule has 1 aliphatic rings. The zero-order chi connectivity index (χ0) is 19.4. The van der Waals surface area contributed by atoms with Gasteiger partial charge in [-0.15, -0.1) is 11.8 Å². The van der Waals surface area contributed by atoms with Crippen LogP contribution in [0.4, 0.5) is 13.2 Å². The topological polar surface area (TPSA) is 54.9 Å². The molecular weight excluding hydrogens is 375 g/mol. The van der Waals surface area contributed by atoms with Gasteiger partial charge in [0.1, 0.15) is 5.82 Å². The highest BCUT2D eigenvalue weighted by Crippen LogP contribution is 2.34. The largest absolute Gasteiger partial charge is 0.433 e. The zero-order valence-corrected chi connectivity index (χ0v) is 15.7. The third kappa shape index (κ3) is 4.61. The first kappa shape index (κ1) is 19.7. The molecule has 0 saturated carbocycles. The Bertz CT molecular complexity index is 839. The van der Waals surface area contributed by atoms with E-state index in [9.17, 15) is 18.0 Å². The molecular formula is C19H20F3N3OS. The predicted octanol–water partition coefficient (Wildman–Crippen LogP) is 4.07. The minimum absolute atomic E-state index is 0.126. The Hall–Kier alpha value is -2.09. The molecule has 1 aromatic carbocycles. The van der Waals surface area contributed by atoms with E-state index in [2.05, 4.69) is 15.3 Å². The minimum atomic E-state index is -4.49. The number of rotatable bonds is 5. The number of carbonyl (C=O) groups excluding carboxylic acids is 1. The van der Waals surface area contributed by atoms with Gasteiger partial charge in [-0.3, -0.25) is 4.79 Å². The summed E-state index contributed by atoms with van der Waals surface area (Å²) in [7, 11) is 0. The summed E-state index contributed by atoms with van der Waals surface area (Å²) in [5.41, 5.74) is 0.460. The SMILES string of the molecule is CSc1ccccc1C(=O)NCCc1nc2c(c(C(F)(F)F)n1)CCCC2. The van der Waals surface area contributed by atoms with Gasteiger partial charge in [0.2, 0.25) is 0 Å². The molecule has 27 heavy (non-hydrogen) atoms. The summed E-state index contributed by atoms with van der Waals surface area (Å²) in [6.45, 7) is 0.178. The van der Waals surface area contributed by atoms with Crippen molar-refractivity contribution in [3.05, 3.63) is 52.6 Å². The van der Waals surface area contributed by atoms with Crippen LogP contribution in [0.25, 0.3) is 0 Å². The number of thioether (sulfide) groups is 1. The molecule has 0 atom stereocenters. The summed E-state index contributed by atoms with van der Waals surface area (Å²) < 4.78 is 40.0. The van der Waals surface area contributed by atoms with Crippen molar-refractivity contribution in [1.29, 1.82) is 0 Å². The van der Waals surface area contributed by atoms with Crippen molar-refractivity contribution in [1.82, 2.24) is 15.3 Å². The average molecular weight is 395 g/mol. The van der Waals surface area contributed by atoms with Crippen molar-refractivity contribution in [2.24, 2.45) is 0 Å². The molecule has 0 radical (unpaired) electrons. The molecule has 144 valence electrons. The summed E-state index contributed by atoms with van der Waals surface area (Å²) in [6, 6.07) is 7.19. The molecule has 3 rings (SSSR count). The first-order chi connectivity index (χ1) is 12.9. The molecule has 1 aliphatic carbocycles. The van der Waals surface area contributed by atoms with Gasteiger partial charge >= 0.3 is 6.18 Å². The van der Waals surface area contributed by atoms with Gasteiger partial charge < -0.3 is 5.32 Å². The first-order valence-electron chi connectivity index (χ1n) is 8.77. The van der Waals surface area contributed by atoms with Crippen molar-refractivity contribution in [2.75, 3.05) is 12.8 Å². The number of nitrogens with zero attached hydrogens (tertiary/aromatic N) is 2. The number of carbonyl (C=O) groups is 1. The molecule has 1 aromatic heterocycles. The lowest BCUT2D eigenvalue weighted by Crippen LogP contribution is -2.27. The van der Waals surface area contributed by atoms with Crippen molar-refractivity contribution in [3.63, 3.8) is 0 Å². The van der Waals surface area contributed by atoms with Gasteiger partial charge in [0, 0.05) is 29.1 Å². The summed E-state index contributed by atoms with van der Waals surface area (Å²) >= 11 is 1.46. The fourth-order valence-electron chi connectivity index (χ4n) is 3.21. The van der Waals surface area contributed by atoms with Gasteiger partial charge in [-0.2, -0.15) is 13.2 Å². The van der Waals surface area contributed by atoms with E-state index < -0.39 is 11.9 Å². The van der Waals surface area contributed by atoms with Crippen LogP contribution in [-0.2, 0) is 25.4 Å². The van der Waals surface area contributed by atoms with E-state index in [1.807, 2.05) is 18.4 Å². The number of fused-ring (bicyclic) bond motifs is 1. The highest BCUT2D eigenvalue weighted by atomic mass is 32.2. The number of benzene rings is 1. The van der Waals surface area contributed by atoms with E-state index in [0.717, 1.165) is 17.7 Å². The van der Waals surface area contributed by atoms with Gasteiger partial charge in [-0.05, 0) is 44.1 Å². The number of hydrogen-bond donors (Lipinski definition) is 1. The van der Waals surface area contributed by atoms with Gasteiger partial charge in [-0.1, -0.05) is 12.1 Å². The van der Waals surface area contributed by atoms with Crippen molar-refractivity contribution in [2.45, 2.75) is 43.2 Å². The molecule has 1 amide bonds. The number of alkyl halides is 3. The van der Waals surface area contributed by atoms with Crippen LogP contribution in [0.5, 0.6) is 0 Å². The van der Waals surface area contributed by atoms with Crippen LogP contribution in [0.3, 0.4) is 0 Å². The van der Waals surface area contributed by atoms with Crippen molar-refractivity contribution >= 4 is 17.7 Å². The highest BCUT2D eigenvalue weighted by molar-refractivity contribution is 7.98. The minimum Gasteiger partial charge on any atom is -0.352 e. The number of hydrogen-bond acceptors (Lipinski definition) is 4. The summed E-state index contributed by atoms with van der Waals surface area (Å²) in [5, 5.41) is 2.75. The lowest BCUT2D eigenvalue weighted by molar-refractivity contribution is -0.142. The zero-order valence-electron chi connectivity index (χ0n) is 14.9. The van der Waals surface area contributed by atoms with E-state index in [1.165, 1.54) is 11.8 Å². The molecule has 8 heteroatoms. The van der Waals surface area contributed by atoms with Gasteiger partial charge in [-0.25, -0.2) is 9.97 Å². The Morgan fingerprint density at radius 1 is 1.19 bits per heavy atom. The lowest BCUT2D eigenvalue weighted by Gasteiger charge is -2.20. The van der Waals surface area contributed by atoms with Crippen molar-refractivity contribution in [3.8, 4) is 0 Å². The second kappa shape index (κ2) is 8.29. The molecule has 0 bridgehead atoms. The normalized spacial score (nSPS) is 13.9. The fourth-order valence-corrected chi connectivity index (χ4v) is 3.80. The van der Waals surface area contributed by atoms with Gasteiger partial charge in [0.25, 0.3) is 5.91 Å². The molecule has 1 N–H and O–H groups in total. The van der Waals surface area contributed by atoms with Crippen LogP contribution in [0.1, 0.15) is 46.0 Å². The second-order valence-corrected chi connectivity index (χ2v) is 7.17. The molecule has 4 nitrogen and oxygen atoms in total. The Morgan fingerprint density at radius 3 is 2.67 bits per heavy atom. The van der Waals surface area contributed by atoms with E-state index in [1.54, 1.807) is 12.1 Å². The molecule has 0 unspecified atom stereocenters. The van der Waals surface area contributed by atoms with Gasteiger partial charge in [0.15, 0.2) is 5.69 Å². The quantitative estimate of drug-likeness (QED) is 0.776. The number of halogens is 3. The maximum absolute atomic E-state index is 13.3. The van der Waals surface area contributed by atoms with Crippen LogP contribution in [0.15, 0.2) is 29.2 Å². The number of amides is 1. The Morgan fingerprint density at radius 2 is 1.93 bits per heavy atom. The lowest BCUT2D eigenvalue weighted by atomic mass is 9.94. The molecule has 2 aromatic rings. The molecule has 0 spiro atoms. The van der Waals surface area contributed by atoms with Crippen LogP contribution >= 0.6 is 11.8 Å². The Kier molecular flexibility index (Phi) is 6.04. The summed E-state index contributed by atoms with van der Waals surface area (Å²) in [6.07, 6.45) is 0.0234. The van der Waals surface area contributed by atoms with Crippen LogP contribution in [0.2, 0.25) is 0 Å². The monoisotopic (exact) mass is 395 g/mol. The van der Waals surface area contributed by atoms with E-state index in [4.69, 9.17) is 0 Å². The number of aryl methyl sites for hydroxylation is 1. The molecule has 0 saturated heterocycles. The maximum atomic E-state index is 13.3. The third-order valence-corrected chi connectivity index (χ3v) is 5.28. The molecule has 1 heterocycles. The second-order valence-electron chi connectivity index (χ2n) is 6.32. The van der Waals surface area contributed by atoms with Crippen LogP contribution < -0.4 is 5.32 Å². The first-order valence-corrected chi connectivity index (χ1v) is 9.99. The third-order valence-electron chi connectivity index (χ3n) is 4.48.